The van der Waals surface area contributed by atoms with Gasteiger partial charge in [0.2, 0.25) is 10.0 Å². The SMILES string of the molecule is COc1ccc(S(=O)(=O)N(Cc2ccccc2)[C@@H](C(=O)NOC(C)(C)C)C(C)C)cc1. The number of nitrogens with zero attached hydrogens (tertiary/aromatic N) is 1. The van der Waals surface area contributed by atoms with Crippen LogP contribution in [0.3, 0.4) is 0 Å². The Kier molecular flexibility index (Phi) is 8.22. The standard InChI is InChI=1S/C23H32N2O5S/c1-17(2)21(22(26)24-30-23(3,4)5)25(16-18-10-8-7-9-11-18)31(27,28)20-14-12-19(29-6)13-15-20/h7-15,17,21H,16H2,1-6H3,(H,24,26)/t21-/m1/s1. The lowest BCUT2D eigenvalue weighted by Crippen LogP contribution is -2.52. The van der Waals surface area contributed by atoms with Crippen LogP contribution >= 0.6 is 0 Å². The number of sulfonamides is 1. The third-order valence-corrected chi connectivity index (χ3v) is 6.36. The van der Waals surface area contributed by atoms with E-state index in [-0.39, 0.29) is 17.4 Å². The molecule has 0 aromatic heterocycles. The van der Waals surface area contributed by atoms with Crippen molar-refractivity contribution < 1.29 is 22.8 Å². The van der Waals surface area contributed by atoms with Crippen molar-refractivity contribution in [2.24, 2.45) is 5.92 Å². The van der Waals surface area contributed by atoms with Crippen LogP contribution in [-0.4, -0.2) is 37.4 Å². The minimum Gasteiger partial charge on any atom is -0.497 e. The Hall–Kier alpha value is -2.42. The van der Waals surface area contributed by atoms with Gasteiger partial charge in [-0.15, -0.1) is 0 Å². The van der Waals surface area contributed by atoms with Crippen LogP contribution in [0, 0.1) is 5.92 Å². The normalized spacial score (nSPS) is 13.3. The average Bonchev–Trinajstić information content (AvgIpc) is 2.71. The molecular formula is C23H32N2O5S. The lowest BCUT2D eigenvalue weighted by Gasteiger charge is -2.33. The van der Waals surface area contributed by atoms with E-state index in [2.05, 4.69) is 5.48 Å². The molecule has 170 valence electrons. The van der Waals surface area contributed by atoms with Gasteiger partial charge in [0, 0.05) is 6.54 Å². The first kappa shape index (κ1) is 24.8. The summed E-state index contributed by atoms with van der Waals surface area (Å²) in [6, 6.07) is 14.3. The van der Waals surface area contributed by atoms with Gasteiger partial charge in [0.05, 0.1) is 17.6 Å². The molecule has 0 aliphatic rings. The first-order valence-corrected chi connectivity index (χ1v) is 11.6. The van der Waals surface area contributed by atoms with Crippen LogP contribution in [0.4, 0.5) is 0 Å². The molecule has 0 saturated carbocycles. The number of benzene rings is 2. The summed E-state index contributed by atoms with van der Waals surface area (Å²) in [7, 11) is -2.49. The number of hydroxylamine groups is 1. The second kappa shape index (κ2) is 10.3. The van der Waals surface area contributed by atoms with Gasteiger partial charge in [-0.1, -0.05) is 44.2 Å². The molecule has 1 amide bonds. The molecular weight excluding hydrogens is 416 g/mol. The van der Waals surface area contributed by atoms with Gasteiger partial charge >= 0.3 is 0 Å². The maximum Gasteiger partial charge on any atom is 0.262 e. The molecule has 31 heavy (non-hydrogen) atoms. The molecule has 0 aliphatic heterocycles. The van der Waals surface area contributed by atoms with Crippen LogP contribution in [0.15, 0.2) is 59.5 Å². The highest BCUT2D eigenvalue weighted by Crippen LogP contribution is 2.26. The van der Waals surface area contributed by atoms with Gasteiger partial charge in [0.15, 0.2) is 0 Å². The molecule has 2 aromatic carbocycles. The van der Waals surface area contributed by atoms with Crippen molar-refractivity contribution in [2.75, 3.05) is 7.11 Å². The smallest absolute Gasteiger partial charge is 0.262 e. The fourth-order valence-corrected chi connectivity index (χ4v) is 4.72. The summed E-state index contributed by atoms with van der Waals surface area (Å²) in [4.78, 5) is 18.6. The Bertz CT molecular complexity index is 952. The van der Waals surface area contributed by atoms with Gasteiger partial charge in [-0.05, 0) is 56.5 Å². The lowest BCUT2D eigenvalue weighted by atomic mass is 10.0. The maximum absolute atomic E-state index is 13.7. The monoisotopic (exact) mass is 448 g/mol. The number of nitrogens with one attached hydrogen (secondary N) is 1. The highest BCUT2D eigenvalue weighted by Gasteiger charge is 2.38. The van der Waals surface area contributed by atoms with E-state index in [1.165, 1.54) is 23.5 Å². The highest BCUT2D eigenvalue weighted by molar-refractivity contribution is 7.89. The molecule has 8 heteroatoms. The Morgan fingerprint density at radius 3 is 2.10 bits per heavy atom. The molecule has 0 fully saturated rings. The molecule has 0 aliphatic carbocycles. The van der Waals surface area contributed by atoms with E-state index in [0.717, 1.165) is 5.56 Å². The van der Waals surface area contributed by atoms with Gasteiger partial charge < -0.3 is 4.74 Å². The average molecular weight is 449 g/mol. The number of methoxy groups -OCH3 is 1. The fourth-order valence-electron chi connectivity index (χ4n) is 3.01. The third-order valence-electron chi connectivity index (χ3n) is 4.52. The Morgan fingerprint density at radius 2 is 1.61 bits per heavy atom. The van der Waals surface area contributed by atoms with Crippen molar-refractivity contribution in [1.29, 1.82) is 0 Å². The Balaban J connectivity index is 2.49. The Labute approximate surface area is 185 Å². The van der Waals surface area contributed by atoms with Crippen molar-refractivity contribution in [3.8, 4) is 5.75 Å². The van der Waals surface area contributed by atoms with Crippen molar-refractivity contribution in [3.63, 3.8) is 0 Å². The van der Waals surface area contributed by atoms with E-state index in [1.54, 1.807) is 32.9 Å². The molecule has 2 rings (SSSR count). The number of hydrogen-bond donors (Lipinski definition) is 1. The second-order valence-corrected chi connectivity index (χ2v) is 10.5. The molecule has 0 saturated heterocycles. The number of carbonyl (C=O) groups is 1. The zero-order chi connectivity index (χ0) is 23.2. The molecule has 7 nitrogen and oxygen atoms in total. The summed E-state index contributed by atoms with van der Waals surface area (Å²) in [6.07, 6.45) is 0. The first-order valence-electron chi connectivity index (χ1n) is 10.1. The van der Waals surface area contributed by atoms with Crippen molar-refractivity contribution in [2.45, 2.75) is 57.7 Å². The molecule has 0 unspecified atom stereocenters. The second-order valence-electron chi connectivity index (χ2n) is 8.58. The minimum atomic E-state index is -4.01. The fraction of sp³-hybridized carbons (Fsp3) is 0.435. The van der Waals surface area contributed by atoms with Gasteiger partial charge in [-0.25, -0.2) is 13.9 Å². The Morgan fingerprint density at radius 1 is 1.03 bits per heavy atom. The van der Waals surface area contributed by atoms with Crippen LogP contribution in [0.1, 0.15) is 40.2 Å². The lowest BCUT2D eigenvalue weighted by molar-refractivity contribution is -0.151. The van der Waals surface area contributed by atoms with E-state index in [4.69, 9.17) is 9.57 Å². The van der Waals surface area contributed by atoms with E-state index >= 15 is 0 Å². The van der Waals surface area contributed by atoms with Crippen molar-refractivity contribution in [3.05, 3.63) is 60.2 Å². The summed E-state index contributed by atoms with van der Waals surface area (Å²) in [5, 5.41) is 0. The molecule has 1 N–H and O–H groups in total. The van der Waals surface area contributed by atoms with E-state index in [9.17, 15) is 13.2 Å². The molecule has 1 atom stereocenters. The number of hydrogen-bond acceptors (Lipinski definition) is 5. The first-order chi connectivity index (χ1) is 14.5. The summed E-state index contributed by atoms with van der Waals surface area (Å²) in [5.41, 5.74) is 2.61. The molecule has 0 radical (unpaired) electrons. The van der Waals surface area contributed by atoms with E-state index < -0.39 is 27.6 Å². The minimum absolute atomic E-state index is 0.0426. The topological polar surface area (TPSA) is 84.9 Å². The summed E-state index contributed by atoms with van der Waals surface area (Å²) in [6.45, 7) is 9.06. The van der Waals surface area contributed by atoms with Crippen LogP contribution < -0.4 is 10.2 Å². The highest BCUT2D eigenvalue weighted by atomic mass is 32.2. The van der Waals surface area contributed by atoms with Crippen molar-refractivity contribution >= 4 is 15.9 Å². The molecule has 0 bridgehead atoms. The van der Waals surface area contributed by atoms with Crippen LogP contribution in [0.5, 0.6) is 5.75 Å². The largest absolute Gasteiger partial charge is 0.497 e. The number of ether oxygens (including phenoxy) is 1. The predicted molar refractivity (Wildman–Crippen MR) is 120 cm³/mol. The van der Waals surface area contributed by atoms with Gasteiger partial charge in [0.1, 0.15) is 11.8 Å². The summed E-state index contributed by atoms with van der Waals surface area (Å²) < 4.78 is 33.7. The van der Waals surface area contributed by atoms with Crippen LogP contribution in [0.25, 0.3) is 0 Å². The third kappa shape index (κ3) is 6.78. The molecule has 2 aromatic rings. The van der Waals surface area contributed by atoms with Gasteiger partial charge in [-0.3, -0.25) is 9.63 Å². The summed E-state index contributed by atoms with van der Waals surface area (Å²) >= 11 is 0. The molecule has 0 heterocycles. The zero-order valence-corrected chi connectivity index (χ0v) is 19.8. The predicted octanol–water partition coefficient (Wildman–Crippen LogP) is 3.76. The number of carbonyl (C=O) groups excluding carboxylic acids is 1. The zero-order valence-electron chi connectivity index (χ0n) is 19.0. The van der Waals surface area contributed by atoms with Crippen molar-refractivity contribution in [1.82, 2.24) is 9.79 Å². The van der Waals surface area contributed by atoms with E-state index in [1.807, 2.05) is 44.2 Å². The maximum atomic E-state index is 13.7. The van der Waals surface area contributed by atoms with Crippen LogP contribution in [-0.2, 0) is 26.2 Å². The molecule has 0 spiro atoms. The van der Waals surface area contributed by atoms with Gasteiger partial charge in [0.25, 0.3) is 5.91 Å². The number of rotatable bonds is 9. The van der Waals surface area contributed by atoms with E-state index in [0.29, 0.717) is 5.75 Å². The number of amides is 1. The summed E-state index contributed by atoms with van der Waals surface area (Å²) in [5.74, 6) is -0.275. The van der Waals surface area contributed by atoms with Crippen LogP contribution in [0.2, 0.25) is 0 Å². The quantitative estimate of drug-likeness (QED) is 0.591. The van der Waals surface area contributed by atoms with Gasteiger partial charge in [-0.2, -0.15) is 4.31 Å².